The number of aryl methyl sites for hydroxylation is 3. The molecule has 0 saturated carbocycles. The molecule has 0 saturated heterocycles. The molecule has 0 aliphatic carbocycles. The first-order chi connectivity index (χ1) is 9.90. The quantitative estimate of drug-likeness (QED) is 0.928. The Bertz CT molecular complexity index is 627. The summed E-state index contributed by atoms with van der Waals surface area (Å²) < 4.78 is 5.95. The third kappa shape index (κ3) is 3.58. The van der Waals surface area contributed by atoms with Crippen molar-refractivity contribution in [2.45, 2.75) is 47.1 Å². The fourth-order valence-electron chi connectivity index (χ4n) is 2.32. The van der Waals surface area contributed by atoms with E-state index in [1.54, 1.807) is 0 Å². The molecular formula is C17H23N3O. The maximum absolute atomic E-state index is 5.95. The van der Waals surface area contributed by atoms with Crippen molar-refractivity contribution < 1.29 is 4.74 Å². The molecule has 1 aromatic heterocycles. The van der Waals surface area contributed by atoms with E-state index < -0.39 is 0 Å². The fourth-order valence-corrected chi connectivity index (χ4v) is 2.32. The SMILES string of the molecule is Cc1cc(C(C)C)nc(Oc2c(C)cc(CN)cc2C)n1. The Morgan fingerprint density at radius 1 is 1.05 bits per heavy atom. The summed E-state index contributed by atoms with van der Waals surface area (Å²) in [7, 11) is 0. The number of benzene rings is 1. The summed E-state index contributed by atoms with van der Waals surface area (Å²) >= 11 is 0. The van der Waals surface area contributed by atoms with Crippen molar-refractivity contribution in [3.8, 4) is 11.8 Å². The van der Waals surface area contributed by atoms with Crippen LogP contribution in [0.5, 0.6) is 11.8 Å². The predicted molar refractivity (Wildman–Crippen MR) is 84.7 cm³/mol. The van der Waals surface area contributed by atoms with Gasteiger partial charge in [0.05, 0.1) is 5.69 Å². The summed E-state index contributed by atoms with van der Waals surface area (Å²) in [4.78, 5) is 8.87. The molecule has 4 heteroatoms. The number of nitrogens with zero attached hydrogens (tertiary/aromatic N) is 2. The van der Waals surface area contributed by atoms with Crippen LogP contribution in [0.4, 0.5) is 0 Å². The van der Waals surface area contributed by atoms with Crippen LogP contribution in [-0.2, 0) is 6.54 Å². The van der Waals surface area contributed by atoms with E-state index in [0.717, 1.165) is 33.8 Å². The second kappa shape index (κ2) is 6.22. The third-order valence-corrected chi connectivity index (χ3v) is 3.39. The number of ether oxygens (including phenoxy) is 1. The van der Waals surface area contributed by atoms with Gasteiger partial charge in [0.25, 0.3) is 0 Å². The molecule has 0 unspecified atom stereocenters. The molecule has 0 fully saturated rings. The van der Waals surface area contributed by atoms with E-state index >= 15 is 0 Å². The molecule has 21 heavy (non-hydrogen) atoms. The second-order valence-electron chi connectivity index (χ2n) is 5.74. The zero-order valence-corrected chi connectivity index (χ0v) is 13.4. The lowest BCUT2D eigenvalue weighted by molar-refractivity contribution is 0.430. The molecule has 0 atom stereocenters. The number of nitrogens with two attached hydrogens (primary N) is 1. The molecule has 0 amide bonds. The van der Waals surface area contributed by atoms with Crippen LogP contribution < -0.4 is 10.5 Å². The summed E-state index contributed by atoms with van der Waals surface area (Å²) in [5.74, 6) is 1.16. The van der Waals surface area contributed by atoms with E-state index in [2.05, 4.69) is 23.8 Å². The summed E-state index contributed by atoms with van der Waals surface area (Å²) in [5.41, 5.74) is 10.8. The first-order valence-electron chi connectivity index (χ1n) is 7.24. The van der Waals surface area contributed by atoms with E-state index in [1.165, 1.54) is 0 Å². The van der Waals surface area contributed by atoms with Crippen molar-refractivity contribution in [2.24, 2.45) is 5.73 Å². The number of hydrogen-bond donors (Lipinski definition) is 1. The van der Waals surface area contributed by atoms with Gasteiger partial charge in [0.15, 0.2) is 0 Å². The van der Waals surface area contributed by atoms with Gasteiger partial charge in [-0.3, -0.25) is 0 Å². The number of aromatic nitrogens is 2. The van der Waals surface area contributed by atoms with Crippen LogP contribution in [0.2, 0.25) is 0 Å². The number of hydrogen-bond acceptors (Lipinski definition) is 4. The molecule has 2 aromatic rings. The Morgan fingerprint density at radius 3 is 2.19 bits per heavy atom. The van der Waals surface area contributed by atoms with Crippen LogP contribution in [-0.4, -0.2) is 9.97 Å². The van der Waals surface area contributed by atoms with E-state index in [9.17, 15) is 0 Å². The highest BCUT2D eigenvalue weighted by molar-refractivity contribution is 5.44. The van der Waals surface area contributed by atoms with Gasteiger partial charge in [-0.05, 0) is 49.4 Å². The Labute approximate surface area is 126 Å². The van der Waals surface area contributed by atoms with E-state index in [4.69, 9.17) is 10.5 Å². The van der Waals surface area contributed by atoms with Gasteiger partial charge in [0.1, 0.15) is 5.75 Å². The van der Waals surface area contributed by atoms with Crippen molar-refractivity contribution in [1.29, 1.82) is 0 Å². The smallest absolute Gasteiger partial charge is 0.322 e. The molecule has 0 radical (unpaired) electrons. The van der Waals surface area contributed by atoms with Gasteiger partial charge in [-0.25, -0.2) is 4.98 Å². The van der Waals surface area contributed by atoms with Crippen molar-refractivity contribution in [1.82, 2.24) is 9.97 Å². The molecule has 2 N–H and O–H groups in total. The zero-order chi connectivity index (χ0) is 15.6. The van der Waals surface area contributed by atoms with Crippen LogP contribution in [0.3, 0.4) is 0 Å². The van der Waals surface area contributed by atoms with Crippen molar-refractivity contribution in [3.05, 3.63) is 46.3 Å². The molecule has 0 aliphatic heterocycles. The van der Waals surface area contributed by atoms with Crippen LogP contribution in [0.1, 0.15) is 47.8 Å². The van der Waals surface area contributed by atoms with Gasteiger partial charge >= 0.3 is 6.01 Å². The topological polar surface area (TPSA) is 61.0 Å². The van der Waals surface area contributed by atoms with E-state index in [0.29, 0.717) is 18.5 Å². The Hall–Kier alpha value is -1.94. The van der Waals surface area contributed by atoms with Gasteiger partial charge in [-0.2, -0.15) is 4.98 Å². The molecule has 0 bridgehead atoms. The normalized spacial score (nSPS) is 11.0. The lowest BCUT2D eigenvalue weighted by Crippen LogP contribution is -2.03. The molecule has 4 nitrogen and oxygen atoms in total. The monoisotopic (exact) mass is 285 g/mol. The van der Waals surface area contributed by atoms with Gasteiger partial charge in [-0.1, -0.05) is 26.0 Å². The maximum atomic E-state index is 5.95. The molecule has 1 heterocycles. The maximum Gasteiger partial charge on any atom is 0.322 e. The van der Waals surface area contributed by atoms with Crippen LogP contribution in [0.25, 0.3) is 0 Å². The van der Waals surface area contributed by atoms with E-state index in [-0.39, 0.29) is 0 Å². The minimum atomic E-state index is 0.343. The predicted octanol–water partition coefficient (Wildman–Crippen LogP) is 3.78. The Morgan fingerprint density at radius 2 is 1.67 bits per heavy atom. The Kier molecular flexibility index (Phi) is 4.58. The highest BCUT2D eigenvalue weighted by Crippen LogP contribution is 2.29. The molecule has 0 aliphatic rings. The van der Waals surface area contributed by atoms with Crippen molar-refractivity contribution >= 4 is 0 Å². The van der Waals surface area contributed by atoms with Gasteiger partial charge in [-0.15, -0.1) is 0 Å². The van der Waals surface area contributed by atoms with Crippen molar-refractivity contribution in [3.63, 3.8) is 0 Å². The fraction of sp³-hybridized carbons (Fsp3) is 0.412. The summed E-state index contributed by atoms with van der Waals surface area (Å²) in [6, 6.07) is 6.49. The second-order valence-corrected chi connectivity index (χ2v) is 5.74. The van der Waals surface area contributed by atoms with Gasteiger partial charge in [0, 0.05) is 12.2 Å². The highest BCUT2D eigenvalue weighted by Gasteiger charge is 2.11. The first kappa shape index (κ1) is 15.4. The lowest BCUT2D eigenvalue weighted by atomic mass is 10.1. The van der Waals surface area contributed by atoms with Crippen molar-refractivity contribution in [2.75, 3.05) is 0 Å². The number of rotatable bonds is 4. The third-order valence-electron chi connectivity index (χ3n) is 3.39. The Balaban J connectivity index is 2.38. The average molecular weight is 285 g/mol. The van der Waals surface area contributed by atoms with Crippen LogP contribution in [0.15, 0.2) is 18.2 Å². The molecular weight excluding hydrogens is 262 g/mol. The molecule has 1 aromatic carbocycles. The zero-order valence-electron chi connectivity index (χ0n) is 13.4. The summed E-state index contributed by atoms with van der Waals surface area (Å²) in [5, 5.41) is 0. The minimum absolute atomic E-state index is 0.343. The molecule has 2 rings (SSSR count). The standard InChI is InChI=1S/C17H23N3O/c1-10(2)15-8-13(5)19-17(20-15)21-16-11(3)6-14(9-18)7-12(16)4/h6-8,10H,9,18H2,1-5H3. The van der Waals surface area contributed by atoms with Crippen LogP contribution >= 0.6 is 0 Å². The first-order valence-corrected chi connectivity index (χ1v) is 7.24. The van der Waals surface area contributed by atoms with E-state index in [1.807, 2.05) is 39.0 Å². The average Bonchev–Trinajstić information content (AvgIpc) is 2.42. The van der Waals surface area contributed by atoms with Gasteiger partial charge < -0.3 is 10.5 Å². The minimum Gasteiger partial charge on any atom is -0.424 e. The van der Waals surface area contributed by atoms with Crippen LogP contribution in [0, 0.1) is 20.8 Å². The summed E-state index contributed by atoms with van der Waals surface area (Å²) in [6.07, 6.45) is 0. The summed E-state index contributed by atoms with van der Waals surface area (Å²) in [6.45, 7) is 10.7. The highest BCUT2D eigenvalue weighted by atomic mass is 16.5. The van der Waals surface area contributed by atoms with Gasteiger partial charge in [0.2, 0.25) is 0 Å². The molecule has 112 valence electrons. The molecule has 0 spiro atoms. The lowest BCUT2D eigenvalue weighted by Gasteiger charge is -2.14. The largest absolute Gasteiger partial charge is 0.424 e.